The SMILES string of the molecule is Cc1cc(C2C3=CCC4C(=O)N(N(C)c5nc(C(F)(F)F)ccc5Cl)C(=O)C4C3CC3C(=O)C(c4ccccc4)=CC(=O)C32c2ccccc2)cc(C)c1O. The minimum Gasteiger partial charge on any atom is -0.507 e. The molecule has 0 radical (unpaired) electrons. The van der Waals surface area contributed by atoms with Crippen LogP contribution in [0.15, 0.2) is 103 Å². The second kappa shape index (κ2) is 13.0. The summed E-state index contributed by atoms with van der Waals surface area (Å²) in [4.78, 5) is 62.9. The third kappa shape index (κ3) is 5.45. The van der Waals surface area contributed by atoms with Crippen LogP contribution in [0, 0.1) is 37.5 Å². The Morgan fingerprint density at radius 2 is 1.53 bits per heavy atom. The van der Waals surface area contributed by atoms with Crippen LogP contribution in [-0.2, 0) is 30.8 Å². The van der Waals surface area contributed by atoms with Gasteiger partial charge >= 0.3 is 6.18 Å². The number of allylic oxidation sites excluding steroid dienone is 4. The Morgan fingerprint density at radius 1 is 0.891 bits per heavy atom. The minimum atomic E-state index is -4.81. The van der Waals surface area contributed by atoms with E-state index in [-0.39, 0.29) is 40.8 Å². The fourth-order valence-corrected chi connectivity index (χ4v) is 9.82. The number of nitrogens with zero attached hydrogens (tertiary/aromatic N) is 3. The maximum absolute atomic E-state index is 15.2. The lowest BCUT2D eigenvalue weighted by molar-refractivity contribution is -0.141. The number of phenolic OH excluding ortho intramolecular Hbond substituents is 1. The summed E-state index contributed by atoms with van der Waals surface area (Å²) in [6.45, 7) is 3.51. The van der Waals surface area contributed by atoms with Crippen molar-refractivity contribution in [1.29, 1.82) is 0 Å². The molecule has 4 aliphatic rings. The molecule has 1 N–H and O–H groups in total. The number of carbonyl (C=O) groups is 4. The van der Waals surface area contributed by atoms with E-state index in [1.54, 1.807) is 50.2 Å². The van der Waals surface area contributed by atoms with E-state index in [4.69, 9.17) is 11.6 Å². The largest absolute Gasteiger partial charge is 0.507 e. The molecular weight excluding hydrogens is 731 g/mol. The van der Waals surface area contributed by atoms with Crippen molar-refractivity contribution in [3.8, 4) is 5.75 Å². The number of Topliss-reactive ketones (excluding diaryl/α,β-unsaturated/α-hetero) is 1. The average molecular weight is 766 g/mol. The number of benzene rings is 3. The number of hydrogen-bond donors (Lipinski definition) is 1. The number of aromatic nitrogens is 1. The predicted molar refractivity (Wildman–Crippen MR) is 199 cm³/mol. The van der Waals surface area contributed by atoms with Gasteiger partial charge in [0.1, 0.15) is 11.4 Å². The van der Waals surface area contributed by atoms with Gasteiger partial charge in [-0.2, -0.15) is 18.2 Å². The second-order valence-corrected chi connectivity index (χ2v) is 15.2. The zero-order valence-corrected chi connectivity index (χ0v) is 30.7. The molecule has 3 aliphatic carbocycles. The van der Waals surface area contributed by atoms with Gasteiger partial charge in [0, 0.05) is 24.5 Å². The van der Waals surface area contributed by atoms with Gasteiger partial charge in [-0.05, 0) is 78.6 Å². The number of halogens is 4. The first-order valence-corrected chi connectivity index (χ1v) is 18.3. The van der Waals surface area contributed by atoms with E-state index in [1.165, 1.54) is 13.1 Å². The maximum Gasteiger partial charge on any atom is 0.433 e. The molecule has 4 aromatic rings. The first-order valence-electron chi connectivity index (χ1n) is 17.9. The normalized spacial score (nSPS) is 26.2. The summed E-state index contributed by atoms with van der Waals surface area (Å²) in [6, 6.07) is 23.4. The van der Waals surface area contributed by atoms with Crippen molar-refractivity contribution in [2.45, 2.75) is 44.2 Å². The monoisotopic (exact) mass is 765 g/mol. The summed E-state index contributed by atoms with van der Waals surface area (Å²) in [5.41, 5.74) is 1.25. The van der Waals surface area contributed by atoms with Gasteiger partial charge in [-0.3, -0.25) is 24.2 Å². The van der Waals surface area contributed by atoms with Gasteiger partial charge in [-0.15, -0.1) is 0 Å². The molecule has 0 bridgehead atoms. The number of carbonyl (C=O) groups excluding carboxylic acids is 4. The highest BCUT2D eigenvalue weighted by molar-refractivity contribution is 6.33. The standard InChI is InChI=1S/C43H35ClF3N3O5/c1-22-18-25(19-23(2)37(22)52)36-27-14-15-28-35(41(55)50(40(28)54)49(3)39-32(44)16-17-33(48-39)43(45,46)47)30(27)20-31-38(53)29(24-10-6-4-7-11-24)21-34(51)42(31,36)26-12-8-5-9-13-26/h4-14,16-19,21,28,30-31,35-36,52H,15,20H2,1-3H3. The van der Waals surface area contributed by atoms with Crippen molar-refractivity contribution in [2.24, 2.45) is 23.7 Å². The number of aryl methyl sites for hydroxylation is 2. The number of fused-ring (bicyclic) bond motifs is 4. The Kier molecular flexibility index (Phi) is 8.64. The molecule has 55 heavy (non-hydrogen) atoms. The quantitative estimate of drug-likeness (QED) is 0.162. The maximum atomic E-state index is 15.2. The predicted octanol–water partition coefficient (Wildman–Crippen LogP) is 7.95. The Balaban J connectivity index is 1.32. The molecule has 2 fully saturated rings. The van der Waals surface area contributed by atoms with Crippen molar-refractivity contribution in [1.82, 2.24) is 9.99 Å². The fraction of sp³-hybridized carbons (Fsp3) is 0.279. The Labute approximate surface area is 319 Å². The number of rotatable bonds is 5. The lowest BCUT2D eigenvalue weighted by Gasteiger charge is -2.55. The molecule has 1 aliphatic heterocycles. The Morgan fingerprint density at radius 3 is 2.16 bits per heavy atom. The zero-order valence-electron chi connectivity index (χ0n) is 30.0. The summed E-state index contributed by atoms with van der Waals surface area (Å²) in [7, 11) is 1.27. The molecule has 280 valence electrons. The van der Waals surface area contributed by atoms with E-state index in [0.717, 1.165) is 22.2 Å². The van der Waals surface area contributed by atoms with Gasteiger partial charge in [-0.1, -0.05) is 96.0 Å². The molecule has 1 saturated heterocycles. The number of aromatic hydroxyl groups is 1. The zero-order chi connectivity index (χ0) is 39.1. The van der Waals surface area contributed by atoms with Crippen LogP contribution >= 0.6 is 11.6 Å². The fourth-order valence-electron chi connectivity index (χ4n) is 9.60. The summed E-state index contributed by atoms with van der Waals surface area (Å²) in [5, 5.41) is 12.4. The Bertz CT molecular complexity index is 2340. The van der Waals surface area contributed by atoms with Gasteiger partial charge < -0.3 is 5.11 Å². The summed E-state index contributed by atoms with van der Waals surface area (Å²) in [5.74, 6) is -6.60. The van der Waals surface area contributed by atoms with Gasteiger partial charge in [0.15, 0.2) is 17.4 Å². The molecule has 6 atom stereocenters. The van der Waals surface area contributed by atoms with Crippen LogP contribution in [0.2, 0.25) is 5.02 Å². The summed E-state index contributed by atoms with van der Waals surface area (Å²) >= 11 is 6.32. The average Bonchev–Trinajstić information content (AvgIpc) is 3.43. The molecule has 8 rings (SSSR count). The molecule has 1 aromatic heterocycles. The third-order valence-corrected chi connectivity index (χ3v) is 12.2. The lowest BCUT2D eigenvalue weighted by atomic mass is 9.44. The van der Waals surface area contributed by atoms with E-state index < -0.39 is 64.5 Å². The van der Waals surface area contributed by atoms with Crippen LogP contribution in [0.25, 0.3) is 5.57 Å². The number of hydrogen-bond acceptors (Lipinski definition) is 7. The highest BCUT2D eigenvalue weighted by Gasteiger charge is 2.66. The topological polar surface area (TPSA) is 108 Å². The van der Waals surface area contributed by atoms with Crippen LogP contribution in [-0.4, -0.2) is 45.5 Å². The first kappa shape index (κ1) is 36.4. The van der Waals surface area contributed by atoms with Gasteiger partial charge in [0.05, 0.1) is 22.3 Å². The van der Waals surface area contributed by atoms with E-state index in [0.29, 0.717) is 33.4 Å². The molecule has 3 aromatic carbocycles. The van der Waals surface area contributed by atoms with E-state index >= 15 is 9.59 Å². The molecule has 0 spiro atoms. The number of amides is 2. The van der Waals surface area contributed by atoms with Gasteiger partial charge in [-0.25, -0.2) is 4.98 Å². The lowest BCUT2D eigenvalue weighted by Crippen LogP contribution is -2.59. The minimum absolute atomic E-state index is 0.0440. The van der Waals surface area contributed by atoms with Gasteiger partial charge in [0.25, 0.3) is 11.8 Å². The first-order chi connectivity index (χ1) is 26.2. The number of imide groups is 1. The van der Waals surface area contributed by atoms with Crippen molar-refractivity contribution >= 4 is 46.4 Å². The summed E-state index contributed by atoms with van der Waals surface area (Å²) < 4.78 is 41.1. The van der Waals surface area contributed by atoms with Crippen LogP contribution in [0.1, 0.15) is 52.3 Å². The van der Waals surface area contributed by atoms with Gasteiger partial charge in [0.2, 0.25) is 0 Å². The molecule has 6 unspecified atom stereocenters. The van der Waals surface area contributed by atoms with Crippen LogP contribution < -0.4 is 5.01 Å². The molecule has 2 amide bonds. The Hall–Kier alpha value is -5.55. The van der Waals surface area contributed by atoms with E-state index in [9.17, 15) is 27.9 Å². The molecule has 8 nitrogen and oxygen atoms in total. The van der Waals surface area contributed by atoms with Crippen molar-refractivity contribution < 1.29 is 37.5 Å². The van der Waals surface area contributed by atoms with Crippen molar-refractivity contribution in [3.05, 3.63) is 141 Å². The molecule has 2 heterocycles. The number of ketones is 2. The van der Waals surface area contributed by atoms with Crippen molar-refractivity contribution in [2.75, 3.05) is 12.1 Å². The third-order valence-electron chi connectivity index (χ3n) is 11.9. The number of pyridine rings is 1. The smallest absolute Gasteiger partial charge is 0.433 e. The molecule has 1 saturated carbocycles. The van der Waals surface area contributed by atoms with E-state index in [2.05, 4.69) is 4.98 Å². The van der Waals surface area contributed by atoms with Crippen molar-refractivity contribution in [3.63, 3.8) is 0 Å². The summed E-state index contributed by atoms with van der Waals surface area (Å²) in [6.07, 6.45) is -1.33. The highest BCUT2D eigenvalue weighted by Crippen LogP contribution is 2.64. The van der Waals surface area contributed by atoms with E-state index in [1.807, 2.05) is 42.5 Å². The second-order valence-electron chi connectivity index (χ2n) is 14.8. The molecular formula is C43H35ClF3N3O5. The van der Waals surface area contributed by atoms with Crippen LogP contribution in [0.3, 0.4) is 0 Å². The van der Waals surface area contributed by atoms with Crippen LogP contribution in [0.4, 0.5) is 19.0 Å². The number of alkyl halides is 3. The molecule has 12 heteroatoms. The number of anilines is 1. The van der Waals surface area contributed by atoms with Crippen LogP contribution in [0.5, 0.6) is 5.75 Å². The number of hydrazine groups is 1. The highest BCUT2D eigenvalue weighted by atomic mass is 35.5. The number of phenols is 1.